The molecule has 0 saturated carbocycles. The van der Waals surface area contributed by atoms with Gasteiger partial charge in [-0.1, -0.05) is 78.9 Å². The van der Waals surface area contributed by atoms with Gasteiger partial charge in [-0.2, -0.15) is 0 Å². The molecule has 5 aromatic carbocycles. The van der Waals surface area contributed by atoms with Crippen molar-refractivity contribution in [1.29, 1.82) is 0 Å². The average Bonchev–Trinajstić information content (AvgIpc) is 3.15. The van der Waals surface area contributed by atoms with Crippen LogP contribution >= 0.6 is 0 Å². The predicted molar refractivity (Wildman–Crippen MR) is 126 cm³/mol. The van der Waals surface area contributed by atoms with Crippen LogP contribution in [-0.4, -0.2) is 21.7 Å². The highest BCUT2D eigenvalue weighted by Crippen LogP contribution is 2.41. The third kappa shape index (κ3) is 2.29. The fourth-order valence-electron chi connectivity index (χ4n) is 4.81. The summed E-state index contributed by atoms with van der Waals surface area (Å²) in [6.45, 7) is 0. The zero-order valence-corrected chi connectivity index (χ0v) is 16.2. The van der Waals surface area contributed by atoms with Gasteiger partial charge in [0.2, 0.25) is 0 Å². The minimum atomic E-state index is -1.53. The molecule has 0 saturated heterocycles. The standard InChI is InChI=1S/C26H18BNO2/c29-27(30)22-15-8-14-21-24(22)18-11-4-5-12-19(18)26-25(21)20-13-6-7-16-23(20)28(26)17-9-2-1-3-10-17/h1-16,29-30H. The number of hydrogen-bond donors (Lipinski definition) is 2. The number of aromatic nitrogens is 1. The first-order valence-electron chi connectivity index (χ1n) is 10.0. The van der Waals surface area contributed by atoms with Crippen molar-refractivity contribution in [2.45, 2.75) is 0 Å². The van der Waals surface area contributed by atoms with Crippen LogP contribution in [0.3, 0.4) is 0 Å². The topological polar surface area (TPSA) is 45.4 Å². The zero-order valence-electron chi connectivity index (χ0n) is 16.2. The Bertz CT molecular complexity index is 1570. The minimum Gasteiger partial charge on any atom is -0.423 e. The smallest absolute Gasteiger partial charge is 0.423 e. The van der Waals surface area contributed by atoms with Gasteiger partial charge >= 0.3 is 7.12 Å². The minimum absolute atomic E-state index is 0.530. The summed E-state index contributed by atoms with van der Waals surface area (Å²) in [5, 5.41) is 26.5. The summed E-state index contributed by atoms with van der Waals surface area (Å²) in [4.78, 5) is 0. The third-order valence-electron chi connectivity index (χ3n) is 5.98. The Morgan fingerprint density at radius 2 is 1.17 bits per heavy atom. The molecule has 0 aliphatic carbocycles. The fraction of sp³-hybridized carbons (Fsp3) is 0. The van der Waals surface area contributed by atoms with E-state index in [2.05, 4.69) is 71.3 Å². The van der Waals surface area contributed by atoms with Gasteiger partial charge in [0, 0.05) is 21.8 Å². The van der Waals surface area contributed by atoms with E-state index in [0.717, 1.165) is 49.0 Å². The Morgan fingerprint density at radius 1 is 0.533 bits per heavy atom. The molecule has 6 aromatic rings. The maximum absolute atomic E-state index is 10.1. The first-order chi connectivity index (χ1) is 14.8. The van der Waals surface area contributed by atoms with E-state index in [1.54, 1.807) is 6.07 Å². The van der Waals surface area contributed by atoms with Gasteiger partial charge in [-0.25, -0.2) is 0 Å². The van der Waals surface area contributed by atoms with Crippen LogP contribution in [-0.2, 0) is 0 Å². The predicted octanol–water partition coefficient (Wildman–Crippen LogP) is 4.77. The molecule has 0 aliphatic rings. The molecule has 6 rings (SSSR count). The van der Waals surface area contributed by atoms with E-state index in [-0.39, 0.29) is 0 Å². The summed E-state index contributed by atoms with van der Waals surface area (Å²) in [5.41, 5.74) is 3.90. The largest absolute Gasteiger partial charge is 0.489 e. The second-order valence-corrected chi connectivity index (χ2v) is 7.60. The maximum atomic E-state index is 10.1. The molecule has 1 heterocycles. The van der Waals surface area contributed by atoms with Gasteiger partial charge in [0.25, 0.3) is 0 Å². The number of hydrogen-bond acceptors (Lipinski definition) is 2. The number of benzene rings is 5. The normalized spacial score (nSPS) is 11.7. The Kier molecular flexibility index (Phi) is 3.72. The highest BCUT2D eigenvalue weighted by Gasteiger charge is 2.22. The van der Waals surface area contributed by atoms with Crippen molar-refractivity contribution < 1.29 is 10.0 Å². The lowest BCUT2D eigenvalue weighted by atomic mass is 9.75. The van der Waals surface area contributed by atoms with E-state index in [9.17, 15) is 10.0 Å². The van der Waals surface area contributed by atoms with Crippen molar-refractivity contribution in [2.75, 3.05) is 0 Å². The highest BCUT2D eigenvalue weighted by molar-refractivity contribution is 6.63. The molecule has 4 heteroatoms. The summed E-state index contributed by atoms with van der Waals surface area (Å²) < 4.78 is 2.31. The Balaban J connectivity index is 1.99. The first kappa shape index (κ1) is 17.3. The average molecular weight is 387 g/mol. The molecular weight excluding hydrogens is 369 g/mol. The fourth-order valence-corrected chi connectivity index (χ4v) is 4.81. The summed E-state index contributed by atoms with van der Waals surface area (Å²) in [6, 6.07) is 32.8. The molecule has 0 unspecified atom stereocenters. The van der Waals surface area contributed by atoms with Crippen LogP contribution in [0.4, 0.5) is 0 Å². The van der Waals surface area contributed by atoms with Gasteiger partial charge in [0.05, 0.1) is 11.0 Å². The van der Waals surface area contributed by atoms with Crippen molar-refractivity contribution in [1.82, 2.24) is 4.57 Å². The number of rotatable bonds is 2. The lowest BCUT2D eigenvalue weighted by Crippen LogP contribution is -2.30. The van der Waals surface area contributed by atoms with Crippen LogP contribution in [0, 0.1) is 0 Å². The quantitative estimate of drug-likeness (QED) is 0.332. The molecular formula is C26H18BNO2. The van der Waals surface area contributed by atoms with Crippen LogP contribution in [0.25, 0.3) is 49.0 Å². The van der Waals surface area contributed by atoms with Crippen LogP contribution < -0.4 is 5.46 Å². The molecule has 1 aromatic heterocycles. The lowest BCUT2D eigenvalue weighted by Gasteiger charge is -2.14. The number of fused-ring (bicyclic) bond motifs is 8. The molecule has 0 spiro atoms. The van der Waals surface area contributed by atoms with Gasteiger partial charge in [0.15, 0.2) is 0 Å². The van der Waals surface area contributed by atoms with Crippen molar-refractivity contribution >= 4 is 55.9 Å². The van der Waals surface area contributed by atoms with E-state index in [4.69, 9.17) is 0 Å². The van der Waals surface area contributed by atoms with E-state index in [0.29, 0.717) is 5.46 Å². The van der Waals surface area contributed by atoms with E-state index < -0.39 is 7.12 Å². The van der Waals surface area contributed by atoms with Crippen molar-refractivity contribution in [3.8, 4) is 5.69 Å². The van der Waals surface area contributed by atoms with Gasteiger partial charge < -0.3 is 14.6 Å². The first-order valence-corrected chi connectivity index (χ1v) is 10.0. The van der Waals surface area contributed by atoms with Crippen molar-refractivity contribution in [3.63, 3.8) is 0 Å². The van der Waals surface area contributed by atoms with Gasteiger partial charge in [-0.3, -0.25) is 0 Å². The lowest BCUT2D eigenvalue weighted by molar-refractivity contribution is 0.426. The zero-order chi connectivity index (χ0) is 20.2. The molecule has 0 aliphatic heterocycles. The highest BCUT2D eigenvalue weighted by atomic mass is 16.4. The van der Waals surface area contributed by atoms with Crippen LogP contribution in [0.5, 0.6) is 0 Å². The van der Waals surface area contributed by atoms with E-state index in [1.807, 2.05) is 24.3 Å². The molecule has 3 nitrogen and oxygen atoms in total. The second-order valence-electron chi connectivity index (χ2n) is 7.60. The molecule has 0 fully saturated rings. The summed E-state index contributed by atoms with van der Waals surface area (Å²) >= 11 is 0. The summed E-state index contributed by atoms with van der Waals surface area (Å²) in [7, 11) is -1.53. The summed E-state index contributed by atoms with van der Waals surface area (Å²) in [5.74, 6) is 0. The Morgan fingerprint density at radius 3 is 1.93 bits per heavy atom. The van der Waals surface area contributed by atoms with Crippen molar-refractivity contribution in [2.24, 2.45) is 0 Å². The molecule has 2 N–H and O–H groups in total. The van der Waals surface area contributed by atoms with Gasteiger partial charge in [-0.05, 0) is 39.8 Å². The van der Waals surface area contributed by atoms with Crippen LogP contribution in [0.15, 0.2) is 97.1 Å². The van der Waals surface area contributed by atoms with E-state index in [1.165, 1.54) is 0 Å². The second kappa shape index (κ2) is 6.46. The molecule has 0 bridgehead atoms. The maximum Gasteiger partial charge on any atom is 0.489 e. The van der Waals surface area contributed by atoms with Crippen molar-refractivity contribution in [3.05, 3.63) is 97.1 Å². The SMILES string of the molecule is OB(O)c1cccc2c1c1ccccc1c1c2c2ccccc2n1-c1ccccc1. The third-order valence-corrected chi connectivity index (χ3v) is 5.98. The van der Waals surface area contributed by atoms with E-state index >= 15 is 0 Å². The summed E-state index contributed by atoms with van der Waals surface area (Å²) in [6.07, 6.45) is 0. The molecule has 0 radical (unpaired) electrons. The molecule has 142 valence electrons. The molecule has 0 atom stereocenters. The molecule has 30 heavy (non-hydrogen) atoms. The molecule has 0 amide bonds. The Hall–Kier alpha value is -3.60. The van der Waals surface area contributed by atoms with Gasteiger partial charge in [-0.15, -0.1) is 0 Å². The van der Waals surface area contributed by atoms with Crippen LogP contribution in [0.2, 0.25) is 0 Å². The Labute approximate surface area is 173 Å². The van der Waals surface area contributed by atoms with Crippen LogP contribution in [0.1, 0.15) is 0 Å². The number of para-hydroxylation sites is 2. The van der Waals surface area contributed by atoms with Gasteiger partial charge in [0.1, 0.15) is 0 Å². The number of nitrogens with zero attached hydrogens (tertiary/aromatic N) is 1. The monoisotopic (exact) mass is 387 g/mol.